The van der Waals surface area contributed by atoms with Gasteiger partial charge in [0.15, 0.2) is 0 Å². The lowest BCUT2D eigenvalue weighted by molar-refractivity contribution is 0.110. The van der Waals surface area contributed by atoms with Crippen molar-refractivity contribution in [3.8, 4) is 0 Å². The molecule has 4 heteroatoms. The van der Waals surface area contributed by atoms with E-state index < -0.39 is 0 Å². The van der Waals surface area contributed by atoms with E-state index in [0.717, 1.165) is 30.6 Å². The van der Waals surface area contributed by atoms with Gasteiger partial charge < -0.3 is 5.11 Å². The largest absolute Gasteiger partial charge is 0.396 e. The zero-order chi connectivity index (χ0) is 14.7. The first-order valence-corrected chi connectivity index (χ1v) is 7.66. The molecule has 0 aliphatic heterocycles. The Bertz CT molecular complexity index is 613. The molecule has 3 rings (SSSR count). The smallest absolute Gasteiger partial charge is 0.132 e. The summed E-state index contributed by atoms with van der Waals surface area (Å²) in [5, 5.41) is 9.66. The summed E-state index contributed by atoms with van der Waals surface area (Å²) < 4.78 is 13.9. The molecule has 21 heavy (non-hydrogen) atoms. The van der Waals surface area contributed by atoms with Crippen LogP contribution >= 0.6 is 0 Å². The van der Waals surface area contributed by atoms with Crippen LogP contribution in [-0.4, -0.2) is 34.2 Å². The Morgan fingerprint density at radius 1 is 1.29 bits per heavy atom. The van der Waals surface area contributed by atoms with Crippen molar-refractivity contribution in [1.82, 2.24) is 9.88 Å². The molecule has 0 amide bonds. The number of rotatable bonds is 6. The maximum absolute atomic E-state index is 13.9. The molecule has 1 aromatic carbocycles. The van der Waals surface area contributed by atoms with Gasteiger partial charge in [-0.25, -0.2) is 4.39 Å². The van der Waals surface area contributed by atoms with Crippen LogP contribution in [0.4, 0.5) is 4.39 Å². The zero-order valence-corrected chi connectivity index (χ0v) is 12.1. The SMILES string of the molecule is OCCCN(Cc1ccc(F)c2cccnc12)C1CCC1. The topological polar surface area (TPSA) is 36.4 Å². The van der Waals surface area contributed by atoms with Gasteiger partial charge in [-0.1, -0.05) is 12.5 Å². The summed E-state index contributed by atoms with van der Waals surface area (Å²) in [6.45, 7) is 1.87. The molecule has 1 saturated carbocycles. The van der Waals surface area contributed by atoms with Crippen molar-refractivity contribution in [1.29, 1.82) is 0 Å². The molecule has 1 heterocycles. The van der Waals surface area contributed by atoms with Crippen molar-refractivity contribution < 1.29 is 9.50 Å². The first-order valence-electron chi connectivity index (χ1n) is 7.66. The minimum atomic E-state index is -0.215. The van der Waals surface area contributed by atoms with E-state index in [4.69, 9.17) is 5.11 Å². The molecule has 1 aliphatic rings. The summed E-state index contributed by atoms with van der Waals surface area (Å²) in [4.78, 5) is 6.77. The van der Waals surface area contributed by atoms with Crippen molar-refractivity contribution in [2.24, 2.45) is 0 Å². The third kappa shape index (κ3) is 3.06. The Morgan fingerprint density at radius 2 is 2.14 bits per heavy atom. The molecular formula is C17H21FN2O. The molecule has 1 aliphatic carbocycles. The first kappa shape index (κ1) is 14.4. The highest BCUT2D eigenvalue weighted by atomic mass is 19.1. The summed E-state index contributed by atoms with van der Waals surface area (Å²) in [6.07, 6.45) is 6.22. The predicted octanol–water partition coefficient (Wildman–Crippen LogP) is 3.11. The van der Waals surface area contributed by atoms with E-state index in [9.17, 15) is 4.39 Å². The van der Waals surface area contributed by atoms with Gasteiger partial charge in [0.25, 0.3) is 0 Å². The van der Waals surface area contributed by atoms with Gasteiger partial charge in [-0.05, 0) is 43.0 Å². The number of hydrogen-bond donors (Lipinski definition) is 1. The quantitative estimate of drug-likeness (QED) is 0.887. The molecule has 112 valence electrons. The number of benzene rings is 1. The van der Waals surface area contributed by atoms with E-state index in [1.807, 2.05) is 6.07 Å². The average molecular weight is 288 g/mol. The Balaban J connectivity index is 1.86. The van der Waals surface area contributed by atoms with Gasteiger partial charge in [-0.2, -0.15) is 0 Å². The number of aliphatic hydroxyl groups is 1. The lowest BCUT2D eigenvalue weighted by Gasteiger charge is -2.37. The van der Waals surface area contributed by atoms with Gasteiger partial charge in [0.2, 0.25) is 0 Å². The highest BCUT2D eigenvalue weighted by Crippen LogP contribution is 2.28. The van der Waals surface area contributed by atoms with Crippen LogP contribution in [0.2, 0.25) is 0 Å². The number of nitrogens with zero attached hydrogens (tertiary/aromatic N) is 2. The van der Waals surface area contributed by atoms with E-state index in [1.165, 1.54) is 25.3 Å². The molecule has 0 atom stereocenters. The van der Waals surface area contributed by atoms with Gasteiger partial charge in [0.05, 0.1) is 5.52 Å². The van der Waals surface area contributed by atoms with Crippen LogP contribution in [0.25, 0.3) is 10.9 Å². The first-order chi connectivity index (χ1) is 10.3. The van der Waals surface area contributed by atoms with Crippen molar-refractivity contribution in [3.05, 3.63) is 41.8 Å². The zero-order valence-electron chi connectivity index (χ0n) is 12.1. The normalized spacial score (nSPS) is 15.6. The fourth-order valence-electron chi connectivity index (χ4n) is 2.96. The summed E-state index contributed by atoms with van der Waals surface area (Å²) in [5.41, 5.74) is 1.82. The van der Waals surface area contributed by atoms with Crippen LogP contribution < -0.4 is 0 Å². The Kier molecular flexibility index (Phi) is 4.46. The molecule has 0 spiro atoms. The molecular weight excluding hydrogens is 267 g/mol. The van der Waals surface area contributed by atoms with Gasteiger partial charge >= 0.3 is 0 Å². The molecule has 0 radical (unpaired) electrons. The van der Waals surface area contributed by atoms with Crippen molar-refractivity contribution in [3.63, 3.8) is 0 Å². The Hall–Kier alpha value is -1.52. The van der Waals surface area contributed by atoms with Gasteiger partial charge in [0, 0.05) is 37.3 Å². The molecule has 3 nitrogen and oxygen atoms in total. The summed E-state index contributed by atoms with van der Waals surface area (Å²) in [5.74, 6) is -0.215. The summed E-state index contributed by atoms with van der Waals surface area (Å²) in [7, 11) is 0. The molecule has 0 unspecified atom stereocenters. The fourth-order valence-corrected chi connectivity index (χ4v) is 2.96. The van der Waals surface area contributed by atoms with E-state index >= 15 is 0 Å². The number of aliphatic hydroxyl groups excluding tert-OH is 1. The van der Waals surface area contributed by atoms with Gasteiger partial charge in [-0.3, -0.25) is 9.88 Å². The minimum Gasteiger partial charge on any atom is -0.396 e. The molecule has 0 saturated heterocycles. The van der Waals surface area contributed by atoms with Crippen LogP contribution in [-0.2, 0) is 6.54 Å². The van der Waals surface area contributed by atoms with Crippen LogP contribution in [0, 0.1) is 5.82 Å². The summed E-state index contributed by atoms with van der Waals surface area (Å²) in [6, 6.07) is 7.52. The number of fused-ring (bicyclic) bond motifs is 1. The van der Waals surface area contributed by atoms with Crippen molar-refractivity contribution in [2.75, 3.05) is 13.2 Å². The maximum atomic E-state index is 13.9. The number of hydrogen-bond acceptors (Lipinski definition) is 3. The van der Waals surface area contributed by atoms with E-state index in [-0.39, 0.29) is 12.4 Å². The van der Waals surface area contributed by atoms with E-state index in [0.29, 0.717) is 11.4 Å². The Morgan fingerprint density at radius 3 is 2.86 bits per heavy atom. The lowest BCUT2D eigenvalue weighted by Crippen LogP contribution is -2.40. The van der Waals surface area contributed by atoms with Crippen LogP contribution in [0.15, 0.2) is 30.5 Å². The standard InChI is InChI=1S/C17H21FN2O/c18-16-8-7-13(17-15(16)6-2-9-19-17)12-20(10-3-11-21)14-4-1-5-14/h2,6-9,14,21H,1,3-5,10-12H2. The highest BCUT2D eigenvalue weighted by Gasteiger charge is 2.25. The lowest BCUT2D eigenvalue weighted by atomic mass is 9.91. The van der Waals surface area contributed by atoms with Gasteiger partial charge in [-0.15, -0.1) is 0 Å². The van der Waals surface area contributed by atoms with Gasteiger partial charge in [0.1, 0.15) is 5.82 Å². The average Bonchev–Trinajstić information content (AvgIpc) is 2.46. The molecule has 0 bridgehead atoms. The third-order valence-electron chi connectivity index (χ3n) is 4.37. The highest BCUT2D eigenvalue weighted by molar-refractivity contribution is 5.82. The number of aromatic nitrogens is 1. The second kappa shape index (κ2) is 6.50. The second-order valence-electron chi connectivity index (χ2n) is 5.74. The number of halogens is 1. The van der Waals surface area contributed by atoms with Crippen LogP contribution in [0.3, 0.4) is 0 Å². The summed E-state index contributed by atoms with van der Waals surface area (Å²) >= 11 is 0. The fraction of sp³-hybridized carbons (Fsp3) is 0.471. The van der Waals surface area contributed by atoms with Crippen LogP contribution in [0.5, 0.6) is 0 Å². The van der Waals surface area contributed by atoms with Crippen LogP contribution in [0.1, 0.15) is 31.2 Å². The molecule has 1 aromatic heterocycles. The minimum absolute atomic E-state index is 0.214. The van der Waals surface area contributed by atoms with E-state index in [2.05, 4.69) is 9.88 Å². The van der Waals surface area contributed by atoms with Crippen molar-refractivity contribution >= 4 is 10.9 Å². The predicted molar refractivity (Wildman–Crippen MR) is 81.5 cm³/mol. The van der Waals surface area contributed by atoms with E-state index in [1.54, 1.807) is 18.3 Å². The maximum Gasteiger partial charge on any atom is 0.132 e. The molecule has 1 fully saturated rings. The molecule has 2 aromatic rings. The monoisotopic (exact) mass is 288 g/mol. The Labute approximate surface area is 124 Å². The number of pyridine rings is 1. The second-order valence-corrected chi connectivity index (χ2v) is 5.74. The third-order valence-corrected chi connectivity index (χ3v) is 4.37. The van der Waals surface area contributed by atoms with Crippen molar-refractivity contribution in [2.45, 2.75) is 38.3 Å². The molecule has 1 N–H and O–H groups in total.